The molecule has 0 spiro atoms. The van der Waals surface area contributed by atoms with Crippen molar-refractivity contribution < 1.29 is 9.59 Å². The maximum absolute atomic E-state index is 12.7. The molecule has 0 bridgehead atoms. The molecule has 0 fully saturated rings. The van der Waals surface area contributed by atoms with Crippen LogP contribution in [-0.2, 0) is 11.3 Å². The number of rotatable bonds is 7. The molecule has 0 radical (unpaired) electrons. The highest BCUT2D eigenvalue weighted by atomic mass is 16.2. The molecule has 3 N–H and O–H groups in total. The largest absolute Gasteiger partial charge is 0.348 e. The van der Waals surface area contributed by atoms with Crippen molar-refractivity contribution in [2.45, 2.75) is 20.4 Å². The highest BCUT2D eigenvalue weighted by Gasteiger charge is 2.09. The molecule has 1 aromatic heterocycles. The molecule has 0 aliphatic heterocycles. The molecule has 7 heteroatoms. The maximum atomic E-state index is 12.7. The summed E-state index contributed by atoms with van der Waals surface area (Å²) in [6, 6.07) is 24.4. The number of carbonyl (C=O) groups is 2. The number of anilines is 3. The van der Waals surface area contributed by atoms with Crippen LogP contribution in [0.25, 0.3) is 11.3 Å². The van der Waals surface area contributed by atoms with Gasteiger partial charge in [-0.1, -0.05) is 42.5 Å². The van der Waals surface area contributed by atoms with Crippen molar-refractivity contribution >= 4 is 29.1 Å². The van der Waals surface area contributed by atoms with E-state index in [2.05, 4.69) is 25.9 Å². The first-order chi connectivity index (χ1) is 16.5. The van der Waals surface area contributed by atoms with Crippen LogP contribution in [0.15, 0.2) is 85.1 Å². The molecule has 3 aromatic carbocycles. The molecule has 0 saturated carbocycles. The molecular formula is C27H25N5O2. The minimum Gasteiger partial charge on any atom is -0.348 e. The summed E-state index contributed by atoms with van der Waals surface area (Å²) in [6.07, 6.45) is 1.67. The Morgan fingerprint density at radius 1 is 0.882 bits per heavy atom. The van der Waals surface area contributed by atoms with Gasteiger partial charge in [0.2, 0.25) is 11.9 Å². The van der Waals surface area contributed by atoms with E-state index in [1.807, 2.05) is 73.7 Å². The zero-order chi connectivity index (χ0) is 23.9. The lowest BCUT2D eigenvalue weighted by molar-refractivity contribution is -0.114. The van der Waals surface area contributed by atoms with Gasteiger partial charge in [-0.3, -0.25) is 9.59 Å². The summed E-state index contributed by atoms with van der Waals surface area (Å²) in [5, 5.41) is 8.89. The van der Waals surface area contributed by atoms with E-state index in [4.69, 9.17) is 0 Å². The second-order valence-corrected chi connectivity index (χ2v) is 7.84. The lowest BCUT2D eigenvalue weighted by Crippen LogP contribution is -2.23. The predicted octanol–water partition coefficient (Wildman–Crippen LogP) is 5.08. The Hall–Kier alpha value is -4.52. The summed E-state index contributed by atoms with van der Waals surface area (Å²) in [5.74, 6) is 0.147. The van der Waals surface area contributed by atoms with Crippen LogP contribution < -0.4 is 16.0 Å². The molecule has 0 saturated heterocycles. The zero-order valence-electron chi connectivity index (χ0n) is 19.0. The van der Waals surface area contributed by atoms with Crippen molar-refractivity contribution in [2.75, 3.05) is 10.6 Å². The third kappa shape index (κ3) is 5.83. The number of aryl methyl sites for hydroxylation is 1. The van der Waals surface area contributed by atoms with Gasteiger partial charge >= 0.3 is 0 Å². The van der Waals surface area contributed by atoms with Gasteiger partial charge in [-0.05, 0) is 54.4 Å². The molecule has 0 aliphatic carbocycles. The number of benzene rings is 3. The summed E-state index contributed by atoms with van der Waals surface area (Å²) in [7, 11) is 0. The molecule has 7 nitrogen and oxygen atoms in total. The molecule has 0 aliphatic rings. The Bertz CT molecular complexity index is 1320. The average molecular weight is 452 g/mol. The van der Waals surface area contributed by atoms with E-state index in [-0.39, 0.29) is 11.8 Å². The van der Waals surface area contributed by atoms with Crippen molar-refractivity contribution in [3.05, 3.63) is 102 Å². The topological polar surface area (TPSA) is 96.0 Å². The van der Waals surface area contributed by atoms with E-state index in [0.29, 0.717) is 23.7 Å². The fraction of sp³-hybridized carbons (Fsp3) is 0.111. The maximum Gasteiger partial charge on any atom is 0.251 e. The van der Waals surface area contributed by atoms with Crippen molar-refractivity contribution in [3.8, 4) is 11.3 Å². The van der Waals surface area contributed by atoms with Gasteiger partial charge < -0.3 is 16.0 Å². The molecule has 4 rings (SSSR count). The monoisotopic (exact) mass is 451 g/mol. The number of amides is 2. The first-order valence-corrected chi connectivity index (χ1v) is 10.9. The second-order valence-electron chi connectivity index (χ2n) is 7.84. The van der Waals surface area contributed by atoms with Crippen LogP contribution >= 0.6 is 0 Å². The Kier molecular flexibility index (Phi) is 6.93. The fourth-order valence-corrected chi connectivity index (χ4v) is 3.46. The normalized spacial score (nSPS) is 10.4. The summed E-state index contributed by atoms with van der Waals surface area (Å²) in [4.78, 5) is 32.7. The van der Waals surface area contributed by atoms with Gasteiger partial charge in [0.05, 0.1) is 5.69 Å². The van der Waals surface area contributed by atoms with Crippen molar-refractivity contribution in [3.63, 3.8) is 0 Å². The molecule has 170 valence electrons. The van der Waals surface area contributed by atoms with Gasteiger partial charge in [-0.2, -0.15) is 0 Å². The van der Waals surface area contributed by atoms with Gasteiger partial charge in [0.1, 0.15) is 0 Å². The van der Waals surface area contributed by atoms with Crippen LogP contribution in [0.1, 0.15) is 28.4 Å². The standard InChI is InChI=1S/C27H25N5O2/c1-18-6-3-4-7-22(18)17-29-26(34)21-8-5-9-24(16-21)31-27-28-15-14-25(32-27)20-10-12-23(13-11-20)30-19(2)33/h3-16H,17H2,1-2H3,(H,29,34)(H,30,33)(H,28,31,32). The number of hydrogen-bond donors (Lipinski definition) is 3. The minimum atomic E-state index is -0.152. The Labute approximate surface area is 198 Å². The highest BCUT2D eigenvalue weighted by Crippen LogP contribution is 2.22. The highest BCUT2D eigenvalue weighted by molar-refractivity contribution is 5.95. The Morgan fingerprint density at radius 2 is 1.68 bits per heavy atom. The first-order valence-electron chi connectivity index (χ1n) is 10.9. The van der Waals surface area contributed by atoms with Gasteiger partial charge in [0, 0.05) is 42.2 Å². The van der Waals surface area contributed by atoms with Gasteiger partial charge in [-0.15, -0.1) is 0 Å². The van der Waals surface area contributed by atoms with Gasteiger partial charge in [0.25, 0.3) is 5.91 Å². The summed E-state index contributed by atoms with van der Waals surface area (Å²) >= 11 is 0. The molecule has 0 unspecified atom stereocenters. The summed E-state index contributed by atoms with van der Waals surface area (Å²) < 4.78 is 0. The van der Waals surface area contributed by atoms with Crippen LogP contribution in [0.2, 0.25) is 0 Å². The third-order valence-electron chi connectivity index (χ3n) is 5.24. The van der Waals surface area contributed by atoms with Crippen LogP contribution in [0.4, 0.5) is 17.3 Å². The summed E-state index contributed by atoms with van der Waals surface area (Å²) in [5.41, 5.74) is 5.83. The van der Waals surface area contributed by atoms with Crippen LogP contribution in [0.3, 0.4) is 0 Å². The second kappa shape index (κ2) is 10.4. The van der Waals surface area contributed by atoms with E-state index in [0.717, 1.165) is 28.1 Å². The first kappa shape index (κ1) is 22.7. The third-order valence-corrected chi connectivity index (χ3v) is 5.24. The lowest BCUT2D eigenvalue weighted by Gasteiger charge is -2.10. The fourth-order valence-electron chi connectivity index (χ4n) is 3.46. The van der Waals surface area contributed by atoms with Crippen LogP contribution in [0, 0.1) is 6.92 Å². The van der Waals surface area contributed by atoms with Crippen LogP contribution in [0.5, 0.6) is 0 Å². The summed E-state index contributed by atoms with van der Waals surface area (Å²) in [6.45, 7) is 3.96. The average Bonchev–Trinajstić information content (AvgIpc) is 2.84. The quantitative estimate of drug-likeness (QED) is 0.364. The Morgan fingerprint density at radius 3 is 2.44 bits per heavy atom. The Balaban J connectivity index is 1.44. The minimum absolute atomic E-state index is 0.118. The van der Waals surface area contributed by atoms with Gasteiger partial charge in [-0.25, -0.2) is 9.97 Å². The van der Waals surface area contributed by atoms with E-state index in [9.17, 15) is 9.59 Å². The van der Waals surface area contributed by atoms with Crippen molar-refractivity contribution in [1.29, 1.82) is 0 Å². The predicted molar refractivity (Wildman–Crippen MR) is 134 cm³/mol. The molecule has 2 amide bonds. The lowest BCUT2D eigenvalue weighted by atomic mass is 10.1. The van der Waals surface area contributed by atoms with Crippen molar-refractivity contribution in [2.24, 2.45) is 0 Å². The SMILES string of the molecule is CC(=O)Nc1ccc(-c2ccnc(Nc3cccc(C(=O)NCc4ccccc4C)c3)n2)cc1. The van der Waals surface area contributed by atoms with E-state index < -0.39 is 0 Å². The smallest absolute Gasteiger partial charge is 0.251 e. The molecule has 34 heavy (non-hydrogen) atoms. The molecular weight excluding hydrogens is 426 g/mol. The van der Waals surface area contributed by atoms with E-state index in [1.165, 1.54) is 6.92 Å². The number of hydrogen-bond acceptors (Lipinski definition) is 5. The van der Waals surface area contributed by atoms with E-state index in [1.54, 1.807) is 18.3 Å². The number of nitrogens with zero attached hydrogens (tertiary/aromatic N) is 2. The number of carbonyl (C=O) groups excluding carboxylic acids is 2. The molecule has 4 aromatic rings. The van der Waals surface area contributed by atoms with Gasteiger partial charge in [0.15, 0.2) is 0 Å². The molecule has 0 atom stereocenters. The molecule has 1 heterocycles. The van der Waals surface area contributed by atoms with Crippen LogP contribution in [-0.4, -0.2) is 21.8 Å². The number of aromatic nitrogens is 2. The zero-order valence-corrected chi connectivity index (χ0v) is 19.0. The van der Waals surface area contributed by atoms with E-state index >= 15 is 0 Å². The number of nitrogens with one attached hydrogen (secondary N) is 3. The van der Waals surface area contributed by atoms with Crippen molar-refractivity contribution in [1.82, 2.24) is 15.3 Å².